The van der Waals surface area contributed by atoms with Crippen LogP contribution in [0.4, 0.5) is 0 Å². The van der Waals surface area contributed by atoms with Crippen molar-refractivity contribution in [3.63, 3.8) is 0 Å². The van der Waals surface area contributed by atoms with E-state index < -0.39 is 23.8 Å². The Bertz CT molecular complexity index is 241. The lowest BCUT2D eigenvalue weighted by atomic mass is 10.1. The number of amides is 2. The standard InChI is InChI=1S/C7H13N3O4/c8-3-5(11)10-4(7(9)14)1-2-6(12)13/h4H,1-3,8H2,(H2,9,14)(H,10,11)(H,12,13)/t4-/m0/s1. The van der Waals surface area contributed by atoms with Gasteiger partial charge in [0.2, 0.25) is 11.8 Å². The summed E-state index contributed by atoms with van der Waals surface area (Å²) in [5.41, 5.74) is 9.93. The van der Waals surface area contributed by atoms with Crippen LogP contribution in [0.2, 0.25) is 0 Å². The molecule has 0 saturated carbocycles. The monoisotopic (exact) mass is 203 g/mol. The van der Waals surface area contributed by atoms with Crippen LogP contribution in [-0.4, -0.2) is 35.5 Å². The van der Waals surface area contributed by atoms with Crippen molar-refractivity contribution >= 4 is 17.8 Å². The smallest absolute Gasteiger partial charge is 0.303 e. The molecule has 0 radical (unpaired) electrons. The quantitative estimate of drug-likeness (QED) is 0.387. The average Bonchev–Trinajstić information content (AvgIpc) is 2.10. The Labute approximate surface area is 80.4 Å². The maximum absolute atomic E-state index is 10.8. The van der Waals surface area contributed by atoms with Crippen molar-refractivity contribution in [3.8, 4) is 0 Å². The third-order valence-electron chi connectivity index (χ3n) is 1.51. The maximum atomic E-state index is 10.8. The van der Waals surface area contributed by atoms with E-state index in [0.717, 1.165) is 0 Å². The molecule has 0 aromatic rings. The fourth-order valence-corrected chi connectivity index (χ4v) is 0.807. The molecule has 0 aliphatic heterocycles. The summed E-state index contributed by atoms with van der Waals surface area (Å²) in [6, 6.07) is -0.970. The summed E-state index contributed by atoms with van der Waals surface area (Å²) in [5, 5.41) is 10.6. The van der Waals surface area contributed by atoms with Crippen LogP contribution in [0.1, 0.15) is 12.8 Å². The Morgan fingerprint density at radius 3 is 2.29 bits per heavy atom. The number of carbonyl (C=O) groups excluding carboxylic acids is 2. The van der Waals surface area contributed by atoms with Gasteiger partial charge in [-0.25, -0.2) is 0 Å². The van der Waals surface area contributed by atoms with Gasteiger partial charge >= 0.3 is 5.97 Å². The summed E-state index contributed by atoms with van der Waals surface area (Å²) in [4.78, 5) is 31.7. The predicted octanol–water partition coefficient (Wildman–Crippen LogP) is -2.22. The van der Waals surface area contributed by atoms with Crippen LogP contribution in [0, 0.1) is 0 Å². The molecular weight excluding hydrogens is 190 g/mol. The van der Waals surface area contributed by atoms with Crippen molar-refractivity contribution in [2.24, 2.45) is 11.5 Å². The molecule has 0 unspecified atom stereocenters. The van der Waals surface area contributed by atoms with Gasteiger partial charge in [0.1, 0.15) is 6.04 Å². The summed E-state index contributed by atoms with van der Waals surface area (Å²) < 4.78 is 0. The number of carbonyl (C=O) groups is 3. The molecule has 0 heterocycles. The van der Waals surface area contributed by atoms with Gasteiger partial charge in [-0.15, -0.1) is 0 Å². The number of aliphatic carboxylic acids is 1. The van der Waals surface area contributed by atoms with Crippen molar-refractivity contribution < 1.29 is 19.5 Å². The van der Waals surface area contributed by atoms with Gasteiger partial charge < -0.3 is 21.9 Å². The molecule has 0 bridgehead atoms. The molecule has 0 rings (SSSR count). The molecule has 0 aliphatic carbocycles. The molecule has 80 valence electrons. The number of hydrogen-bond acceptors (Lipinski definition) is 4. The van der Waals surface area contributed by atoms with Crippen LogP contribution >= 0.6 is 0 Å². The number of nitrogens with two attached hydrogens (primary N) is 2. The van der Waals surface area contributed by atoms with Crippen molar-refractivity contribution in [2.75, 3.05) is 6.54 Å². The molecule has 1 atom stereocenters. The molecular formula is C7H13N3O4. The second kappa shape index (κ2) is 5.92. The van der Waals surface area contributed by atoms with E-state index in [0.29, 0.717) is 0 Å². The van der Waals surface area contributed by atoms with E-state index >= 15 is 0 Å². The summed E-state index contributed by atoms with van der Waals surface area (Å²) >= 11 is 0. The molecule has 0 fully saturated rings. The van der Waals surface area contributed by atoms with Crippen LogP contribution in [-0.2, 0) is 14.4 Å². The number of carboxylic acids is 1. The minimum Gasteiger partial charge on any atom is -0.481 e. The number of carboxylic acid groups (broad SMARTS) is 1. The zero-order valence-corrected chi connectivity index (χ0v) is 7.53. The SMILES string of the molecule is NCC(=O)N[C@@H](CCC(=O)O)C(N)=O. The Kier molecular flexibility index (Phi) is 5.23. The number of rotatable bonds is 6. The van der Waals surface area contributed by atoms with Gasteiger partial charge in [0.05, 0.1) is 6.54 Å². The van der Waals surface area contributed by atoms with Gasteiger partial charge in [-0.3, -0.25) is 14.4 Å². The average molecular weight is 203 g/mol. The molecule has 0 spiro atoms. The van der Waals surface area contributed by atoms with Crippen molar-refractivity contribution in [1.29, 1.82) is 0 Å². The summed E-state index contributed by atoms with van der Waals surface area (Å²) in [5.74, 6) is -2.37. The minimum atomic E-state index is -1.06. The lowest BCUT2D eigenvalue weighted by Gasteiger charge is -2.13. The molecule has 7 heteroatoms. The number of hydrogen-bond donors (Lipinski definition) is 4. The summed E-state index contributed by atoms with van der Waals surface area (Å²) in [6.07, 6.45) is -0.269. The Morgan fingerprint density at radius 1 is 1.36 bits per heavy atom. The fraction of sp³-hybridized carbons (Fsp3) is 0.571. The molecule has 0 saturated heterocycles. The Hall–Kier alpha value is -1.63. The van der Waals surface area contributed by atoms with E-state index in [-0.39, 0.29) is 19.4 Å². The molecule has 6 N–H and O–H groups in total. The van der Waals surface area contributed by atoms with Gasteiger partial charge in [0.15, 0.2) is 0 Å². The van der Waals surface area contributed by atoms with Gasteiger partial charge in [-0.05, 0) is 6.42 Å². The highest BCUT2D eigenvalue weighted by Crippen LogP contribution is 1.96. The maximum Gasteiger partial charge on any atom is 0.303 e. The summed E-state index contributed by atoms with van der Waals surface area (Å²) in [6.45, 7) is -0.267. The molecule has 0 aromatic carbocycles. The third-order valence-corrected chi connectivity index (χ3v) is 1.51. The Balaban J connectivity index is 4.09. The van der Waals surface area contributed by atoms with Crippen LogP contribution in [0.25, 0.3) is 0 Å². The lowest BCUT2D eigenvalue weighted by Crippen LogP contribution is -2.46. The van der Waals surface area contributed by atoms with E-state index in [1.54, 1.807) is 0 Å². The fourth-order valence-electron chi connectivity index (χ4n) is 0.807. The second-order valence-corrected chi connectivity index (χ2v) is 2.66. The predicted molar refractivity (Wildman–Crippen MR) is 47.0 cm³/mol. The molecule has 2 amide bonds. The highest BCUT2D eigenvalue weighted by molar-refractivity contribution is 5.87. The Morgan fingerprint density at radius 2 is 1.93 bits per heavy atom. The molecule has 0 aromatic heterocycles. The first-order valence-corrected chi connectivity index (χ1v) is 3.98. The van der Waals surface area contributed by atoms with E-state index in [9.17, 15) is 14.4 Å². The summed E-state index contributed by atoms with van der Waals surface area (Å²) in [7, 11) is 0. The van der Waals surface area contributed by atoms with E-state index in [2.05, 4.69) is 5.32 Å². The van der Waals surface area contributed by atoms with Gasteiger partial charge in [-0.2, -0.15) is 0 Å². The first-order valence-electron chi connectivity index (χ1n) is 3.98. The zero-order chi connectivity index (χ0) is 11.1. The van der Waals surface area contributed by atoms with Crippen LogP contribution < -0.4 is 16.8 Å². The molecule has 14 heavy (non-hydrogen) atoms. The van der Waals surface area contributed by atoms with Crippen LogP contribution in [0.3, 0.4) is 0 Å². The lowest BCUT2D eigenvalue weighted by molar-refractivity contribution is -0.137. The van der Waals surface area contributed by atoms with Crippen LogP contribution in [0.15, 0.2) is 0 Å². The highest BCUT2D eigenvalue weighted by Gasteiger charge is 2.18. The zero-order valence-electron chi connectivity index (χ0n) is 7.53. The second-order valence-electron chi connectivity index (χ2n) is 2.66. The minimum absolute atomic E-state index is 0.0313. The number of primary amides is 1. The van der Waals surface area contributed by atoms with Crippen molar-refractivity contribution in [1.82, 2.24) is 5.32 Å². The first kappa shape index (κ1) is 12.4. The highest BCUT2D eigenvalue weighted by atomic mass is 16.4. The third kappa shape index (κ3) is 5.09. The first-order chi connectivity index (χ1) is 6.47. The van der Waals surface area contributed by atoms with Crippen molar-refractivity contribution in [2.45, 2.75) is 18.9 Å². The molecule has 7 nitrogen and oxygen atoms in total. The largest absolute Gasteiger partial charge is 0.481 e. The van der Waals surface area contributed by atoms with Gasteiger partial charge in [0.25, 0.3) is 0 Å². The van der Waals surface area contributed by atoms with E-state index in [1.807, 2.05) is 0 Å². The molecule has 0 aliphatic rings. The van der Waals surface area contributed by atoms with Crippen LogP contribution in [0.5, 0.6) is 0 Å². The van der Waals surface area contributed by atoms with E-state index in [4.69, 9.17) is 16.6 Å². The number of nitrogens with one attached hydrogen (secondary N) is 1. The van der Waals surface area contributed by atoms with Gasteiger partial charge in [0, 0.05) is 6.42 Å². The van der Waals surface area contributed by atoms with Crippen molar-refractivity contribution in [3.05, 3.63) is 0 Å². The van der Waals surface area contributed by atoms with E-state index in [1.165, 1.54) is 0 Å². The van der Waals surface area contributed by atoms with Gasteiger partial charge in [-0.1, -0.05) is 0 Å². The topological polar surface area (TPSA) is 136 Å². The normalized spacial score (nSPS) is 11.8.